The summed E-state index contributed by atoms with van der Waals surface area (Å²) in [6, 6.07) is 10.3. The van der Waals surface area contributed by atoms with Gasteiger partial charge in [0, 0.05) is 6.20 Å². The molecule has 198 valence electrons. The first-order valence-corrected chi connectivity index (χ1v) is 13.0. The van der Waals surface area contributed by atoms with Crippen LogP contribution in [0.1, 0.15) is 33.9 Å². The van der Waals surface area contributed by atoms with Crippen molar-refractivity contribution < 1.29 is 33.0 Å². The summed E-state index contributed by atoms with van der Waals surface area (Å²) in [5, 5.41) is 24.1. The van der Waals surface area contributed by atoms with Gasteiger partial charge in [0.25, 0.3) is 0 Å². The average Bonchev–Trinajstić information content (AvgIpc) is 3.29. The minimum atomic E-state index is -4.36. The van der Waals surface area contributed by atoms with Crippen molar-refractivity contribution in [2.45, 2.75) is 63.9 Å². The number of ether oxygens (including phenoxy) is 2. The zero-order valence-corrected chi connectivity index (χ0v) is 21.5. The van der Waals surface area contributed by atoms with Crippen LogP contribution in [0.2, 0.25) is 0 Å². The number of nitrogen functional groups attached to an aromatic ring is 1. The molecule has 1 aromatic carbocycles. The summed E-state index contributed by atoms with van der Waals surface area (Å²) in [4.78, 5) is 28.4. The molecule has 1 saturated heterocycles. The Kier molecular flexibility index (Phi) is 6.92. The maximum atomic E-state index is 13.9. The van der Waals surface area contributed by atoms with Gasteiger partial charge in [0.15, 0.2) is 6.23 Å². The highest BCUT2D eigenvalue weighted by Crippen LogP contribution is 2.68. The summed E-state index contributed by atoms with van der Waals surface area (Å²) >= 11 is 0. The summed E-state index contributed by atoms with van der Waals surface area (Å²) in [6.07, 6.45) is -2.76. The van der Waals surface area contributed by atoms with Crippen LogP contribution in [0, 0.1) is 16.7 Å². The number of hydrogen-bond donors (Lipinski definition) is 3. The summed E-state index contributed by atoms with van der Waals surface area (Å²) in [7, 11) is -4.36. The lowest BCUT2D eigenvalue weighted by Crippen LogP contribution is -2.45. The Morgan fingerprint density at radius 1 is 1.32 bits per heavy atom. The standard InChI is InChI=1S/C23H28N5O8P/c1-13(2)33-19(29)14(3)27-37(32,35-15-8-6-5-7-9-15)36-18-17-23(18,31)22(4,12-24)20(34-17)28-11-10-16(25)26-21(28)30/h5-11,13-14,17-18,20,31H,1-4H3,(H,27,32)(H2,25,26,30)/t14-,17-,18?,20-,22+,23+,37+/m1/s1. The van der Waals surface area contributed by atoms with Crippen molar-refractivity contribution >= 4 is 19.5 Å². The molecule has 0 bridgehead atoms. The van der Waals surface area contributed by atoms with E-state index in [0.29, 0.717) is 0 Å². The van der Waals surface area contributed by atoms with Crippen LogP contribution in [-0.2, 0) is 23.4 Å². The second kappa shape index (κ2) is 9.55. The van der Waals surface area contributed by atoms with Crippen molar-refractivity contribution in [3.63, 3.8) is 0 Å². The molecule has 0 radical (unpaired) electrons. The molecule has 1 aliphatic heterocycles. The number of carbonyl (C=O) groups is 1. The lowest BCUT2D eigenvalue weighted by atomic mass is 9.82. The topological polar surface area (TPSA) is 188 Å². The lowest BCUT2D eigenvalue weighted by molar-refractivity contribution is -0.149. The molecular weight excluding hydrogens is 505 g/mol. The van der Waals surface area contributed by atoms with Crippen LogP contribution < -0.4 is 21.0 Å². The van der Waals surface area contributed by atoms with E-state index in [2.05, 4.69) is 10.1 Å². The Morgan fingerprint density at radius 3 is 2.59 bits per heavy atom. The SMILES string of the molecule is CC(C)OC(=O)[C@@H](C)N[P@](=O)(Oc1ccccc1)OC1[C@H]2O[C@@H](n3ccc(N)nc3=O)[C@](C)(C#N)[C@@]12O. The Balaban J connectivity index is 1.60. The Hall–Kier alpha value is -3.27. The molecule has 0 amide bonds. The molecule has 2 heterocycles. The van der Waals surface area contributed by atoms with E-state index in [1.54, 1.807) is 32.0 Å². The number of nitrogens with two attached hydrogens (primary N) is 1. The number of nitriles is 1. The molecule has 1 unspecified atom stereocenters. The van der Waals surface area contributed by atoms with E-state index >= 15 is 0 Å². The molecule has 2 aliphatic rings. The van der Waals surface area contributed by atoms with Gasteiger partial charge in [0.05, 0.1) is 12.2 Å². The van der Waals surface area contributed by atoms with E-state index in [0.717, 1.165) is 4.57 Å². The molecule has 13 nitrogen and oxygen atoms in total. The number of para-hydroxylation sites is 1. The molecule has 7 atom stereocenters. The molecule has 4 N–H and O–H groups in total. The number of carbonyl (C=O) groups excluding carboxylic acids is 1. The largest absolute Gasteiger partial charge is 0.462 e. The van der Waals surface area contributed by atoms with Gasteiger partial charge < -0.3 is 24.8 Å². The van der Waals surface area contributed by atoms with E-state index in [9.17, 15) is 24.5 Å². The number of aliphatic hydroxyl groups is 1. The van der Waals surface area contributed by atoms with Crippen LogP contribution in [0.4, 0.5) is 5.82 Å². The minimum Gasteiger partial charge on any atom is -0.462 e. The summed E-state index contributed by atoms with van der Waals surface area (Å²) in [6.45, 7) is 6.15. The van der Waals surface area contributed by atoms with Gasteiger partial charge in [-0.1, -0.05) is 18.2 Å². The fraction of sp³-hybridized carbons (Fsp3) is 0.478. The van der Waals surface area contributed by atoms with Crippen molar-refractivity contribution in [3.8, 4) is 11.8 Å². The van der Waals surface area contributed by atoms with Crippen molar-refractivity contribution in [2.24, 2.45) is 5.41 Å². The fourth-order valence-corrected chi connectivity index (χ4v) is 5.96. The van der Waals surface area contributed by atoms with Crippen LogP contribution >= 0.6 is 7.75 Å². The third-order valence-electron chi connectivity index (χ3n) is 6.25. The number of hydrogen-bond acceptors (Lipinski definition) is 11. The smallest absolute Gasteiger partial charge is 0.459 e. The van der Waals surface area contributed by atoms with Crippen LogP contribution in [0.3, 0.4) is 0 Å². The highest BCUT2D eigenvalue weighted by atomic mass is 31.2. The molecule has 1 aliphatic carbocycles. The first-order chi connectivity index (χ1) is 17.3. The van der Waals surface area contributed by atoms with Gasteiger partial charge in [-0.3, -0.25) is 13.9 Å². The second-order valence-electron chi connectivity index (χ2n) is 9.36. The highest BCUT2D eigenvalue weighted by molar-refractivity contribution is 7.52. The molecule has 0 spiro atoms. The molecule has 37 heavy (non-hydrogen) atoms. The zero-order chi connectivity index (χ0) is 27.2. The van der Waals surface area contributed by atoms with Crippen molar-refractivity contribution in [2.75, 3.05) is 5.73 Å². The van der Waals surface area contributed by atoms with Crippen LogP contribution in [0.15, 0.2) is 47.4 Å². The number of esters is 1. The molecule has 2 fully saturated rings. The van der Waals surface area contributed by atoms with Gasteiger partial charge in [-0.15, -0.1) is 0 Å². The summed E-state index contributed by atoms with van der Waals surface area (Å²) in [5.74, 6) is -0.543. The lowest BCUT2D eigenvalue weighted by Gasteiger charge is -2.32. The van der Waals surface area contributed by atoms with Gasteiger partial charge in [0.1, 0.15) is 40.8 Å². The third kappa shape index (κ3) is 4.74. The third-order valence-corrected chi connectivity index (χ3v) is 7.91. The van der Waals surface area contributed by atoms with E-state index in [1.807, 2.05) is 6.07 Å². The van der Waals surface area contributed by atoms with Crippen LogP contribution in [-0.4, -0.2) is 50.6 Å². The van der Waals surface area contributed by atoms with E-state index < -0.39 is 61.0 Å². The molecular formula is C23H28N5O8P. The normalized spacial score (nSPS) is 30.6. The first-order valence-electron chi connectivity index (χ1n) is 11.5. The van der Waals surface area contributed by atoms with Crippen LogP contribution in [0.25, 0.3) is 0 Å². The predicted octanol–water partition coefficient (Wildman–Crippen LogP) is 1.50. The quantitative estimate of drug-likeness (QED) is 0.312. The molecule has 2 aromatic rings. The number of nitrogens with one attached hydrogen (secondary N) is 1. The number of benzene rings is 1. The van der Waals surface area contributed by atoms with Gasteiger partial charge >= 0.3 is 19.4 Å². The Bertz CT molecular complexity index is 1330. The van der Waals surface area contributed by atoms with Gasteiger partial charge in [-0.2, -0.15) is 15.3 Å². The monoisotopic (exact) mass is 533 g/mol. The maximum Gasteiger partial charge on any atom is 0.459 e. The summed E-state index contributed by atoms with van der Waals surface area (Å²) in [5.41, 5.74) is 1.09. The zero-order valence-electron chi connectivity index (χ0n) is 20.6. The van der Waals surface area contributed by atoms with Crippen LogP contribution in [0.5, 0.6) is 5.75 Å². The van der Waals surface area contributed by atoms with E-state index in [4.69, 9.17) is 24.3 Å². The second-order valence-corrected chi connectivity index (χ2v) is 11.0. The Labute approximate surface area is 212 Å². The number of aromatic nitrogens is 2. The number of nitrogens with zero attached hydrogens (tertiary/aromatic N) is 3. The van der Waals surface area contributed by atoms with Gasteiger partial charge in [0.2, 0.25) is 0 Å². The Morgan fingerprint density at radius 2 is 2.00 bits per heavy atom. The summed E-state index contributed by atoms with van der Waals surface area (Å²) < 4.78 is 37.3. The number of fused-ring (bicyclic) bond motifs is 1. The van der Waals surface area contributed by atoms with Gasteiger partial charge in [-0.25, -0.2) is 9.36 Å². The average molecular weight is 533 g/mol. The molecule has 1 aromatic heterocycles. The van der Waals surface area contributed by atoms with Gasteiger partial charge in [-0.05, 0) is 45.9 Å². The number of anilines is 1. The molecule has 4 rings (SSSR count). The van der Waals surface area contributed by atoms with E-state index in [-0.39, 0.29) is 11.6 Å². The minimum absolute atomic E-state index is 0.0156. The first kappa shape index (κ1) is 26.8. The number of rotatable bonds is 9. The van der Waals surface area contributed by atoms with Crippen molar-refractivity contribution in [3.05, 3.63) is 53.1 Å². The van der Waals surface area contributed by atoms with Crippen molar-refractivity contribution in [1.82, 2.24) is 14.6 Å². The highest BCUT2D eigenvalue weighted by Gasteiger charge is 2.84. The van der Waals surface area contributed by atoms with E-state index in [1.165, 1.54) is 38.2 Å². The maximum absolute atomic E-state index is 13.9. The molecule has 1 saturated carbocycles. The predicted molar refractivity (Wildman–Crippen MR) is 129 cm³/mol. The van der Waals surface area contributed by atoms with Crippen molar-refractivity contribution in [1.29, 1.82) is 5.26 Å². The molecule has 14 heteroatoms. The fourth-order valence-electron chi connectivity index (χ4n) is 4.25.